The van der Waals surface area contributed by atoms with Crippen LogP contribution < -0.4 is 10.9 Å². The van der Waals surface area contributed by atoms with Crippen molar-refractivity contribution in [1.82, 2.24) is 19.8 Å². The molecule has 2 aromatic rings. The lowest BCUT2D eigenvalue weighted by Gasteiger charge is -2.14. The molecule has 3 N–H and O–H groups in total. The first kappa shape index (κ1) is 15.5. The van der Waals surface area contributed by atoms with Gasteiger partial charge in [-0.1, -0.05) is 0 Å². The van der Waals surface area contributed by atoms with Crippen LogP contribution in [0.3, 0.4) is 0 Å². The molecule has 9 nitrogen and oxygen atoms in total. The van der Waals surface area contributed by atoms with Crippen LogP contribution in [-0.4, -0.2) is 43.4 Å². The second-order valence-electron chi connectivity index (χ2n) is 4.96. The molecule has 0 aliphatic heterocycles. The Morgan fingerprint density at radius 3 is 1.86 bits per heavy atom. The third-order valence-corrected chi connectivity index (χ3v) is 2.82. The molecule has 0 amide bonds. The van der Waals surface area contributed by atoms with E-state index in [-0.39, 0.29) is 12.5 Å². The van der Waals surface area contributed by atoms with Gasteiger partial charge >= 0.3 is 5.97 Å². The first-order valence-electron chi connectivity index (χ1n) is 6.72. The first-order chi connectivity index (χ1) is 10.3. The average molecular weight is 305 g/mol. The molecule has 0 unspecified atom stereocenters. The molecule has 2 rings (SSSR count). The van der Waals surface area contributed by atoms with Gasteiger partial charge in [-0.3, -0.25) is 4.79 Å². The minimum atomic E-state index is -1.03. The molecule has 2 aromatic heterocycles. The fourth-order valence-corrected chi connectivity index (χ4v) is 1.93. The number of aliphatic imine (C=N–C) groups is 1. The monoisotopic (exact) mass is 305 g/mol. The van der Waals surface area contributed by atoms with Crippen LogP contribution in [-0.2, 0) is 4.79 Å². The van der Waals surface area contributed by atoms with Crippen molar-refractivity contribution in [2.24, 2.45) is 4.99 Å². The number of guanidine groups is 1. The fourth-order valence-electron chi connectivity index (χ4n) is 1.93. The Hall–Kier alpha value is -2.84. The highest BCUT2D eigenvalue weighted by atomic mass is 16.4. The van der Waals surface area contributed by atoms with Crippen LogP contribution in [0, 0.1) is 27.7 Å². The quantitative estimate of drug-likeness (QED) is 0.562. The van der Waals surface area contributed by atoms with Gasteiger partial charge < -0.3 is 5.11 Å². The minimum Gasteiger partial charge on any atom is -0.480 e. The van der Waals surface area contributed by atoms with Crippen molar-refractivity contribution >= 4 is 11.9 Å². The standard InChI is InChI=1S/C13H19N7O2/c1-8-5-10(3)19(15-8)17-13(14-7-12(21)22)18-20-11(4)6-9(2)16-20/h5-6H,7H2,1-4H3,(H,21,22)(H2,14,17,18). The summed E-state index contributed by atoms with van der Waals surface area (Å²) in [7, 11) is 0. The third-order valence-electron chi connectivity index (χ3n) is 2.82. The molecule has 0 radical (unpaired) electrons. The molecule has 0 aliphatic carbocycles. The number of nitrogens with one attached hydrogen (secondary N) is 2. The van der Waals surface area contributed by atoms with Crippen molar-refractivity contribution in [2.45, 2.75) is 27.7 Å². The SMILES string of the molecule is Cc1cc(C)n(NC(=NCC(=O)O)Nn2nc(C)cc2C)n1. The number of hydrogen-bond donors (Lipinski definition) is 3. The summed E-state index contributed by atoms with van der Waals surface area (Å²) >= 11 is 0. The van der Waals surface area contributed by atoms with Crippen molar-refractivity contribution in [3.63, 3.8) is 0 Å². The Morgan fingerprint density at radius 2 is 1.55 bits per heavy atom. The number of aliphatic carboxylic acids is 1. The number of aryl methyl sites for hydroxylation is 4. The van der Waals surface area contributed by atoms with Gasteiger partial charge in [0.1, 0.15) is 6.54 Å². The molecule has 118 valence electrons. The van der Waals surface area contributed by atoms with E-state index in [4.69, 9.17) is 5.11 Å². The van der Waals surface area contributed by atoms with E-state index in [2.05, 4.69) is 26.0 Å². The zero-order valence-corrected chi connectivity index (χ0v) is 13.0. The molecule has 0 aromatic carbocycles. The van der Waals surface area contributed by atoms with Crippen molar-refractivity contribution < 1.29 is 9.90 Å². The maximum atomic E-state index is 10.7. The minimum absolute atomic E-state index is 0.236. The maximum Gasteiger partial charge on any atom is 0.325 e. The second-order valence-corrected chi connectivity index (χ2v) is 4.96. The van der Waals surface area contributed by atoms with Gasteiger partial charge in [0.25, 0.3) is 0 Å². The molecule has 0 saturated carbocycles. The van der Waals surface area contributed by atoms with E-state index in [1.54, 1.807) is 0 Å². The van der Waals surface area contributed by atoms with Crippen LogP contribution in [0.4, 0.5) is 0 Å². The van der Waals surface area contributed by atoms with E-state index in [0.29, 0.717) is 0 Å². The van der Waals surface area contributed by atoms with Crippen LogP contribution in [0.15, 0.2) is 17.1 Å². The Bertz CT molecular complexity index is 664. The summed E-state index contributed by atoms with van der Waals surface area (Å²) in [4.78, 5) is 17.8. The maximum absolute atomic E-state index is 10.7. The molecule has 0 fully saturated rings. The van der Waals surface area contributed by atoms with Crippen LogP contribution >= 0.6 is 0 Å². The molecule has 22 heavy (non-hydrogen) atoms. The number of aromatic nitrogens is 4. The molecule has 9 heteroatoms. The summed E-state index contributed by atoms with van der Waals surface area (Å²) in [5, 5.41) is 17.3. The van der Waals surface area contributed by atoms with E-state index >= 15 is 0 Å². The summed E-state index contributed by atoms with van der Waals surface area (Å²) in [6.45, 7) is 7.13. The zero-order chi connectivity index (χ0) is 16.3. The van der Waals surface area contributed by atoms with E-state index in [9.17, 15) is 4.79 Å². The summed E-state index contributed by atoms with van der Waals surface area (Å²) in [6.07, 6.45) is 0. The molecule has 0 spiro atoms. The summed E-state index contributed by atoms with van der Waals surface area (Å²) in [6, 6.07) is 3.79. The van der Waals surface area contributed by atoms with Gasteiger partial charge in [0.15, 0.2) is 0 Å². The summed E-state index contributed by atoms with van der Waals surface area (Å²) in [5.41, 5.74) is 9.28. The van der Waals surface area contributed by atoms with E-state index in [1.165, 1.54) is 9.58 Å². The Labute approximate surface area is 127 Å². The summed E-state index contributed by atoms with van der Waals surface area (Å²) in [5.74, 6) is -0.789. The molecule has 0 aliphatic rings. The first-order valence-corrected chi connectivity index (χ1v) is 6.72. The van der Waals surface area contributed by atoms with Crippen molar-refractivity contribution in [3.8, 4) is 0 Å². The lowest BCUT2D eigenvalue weighted by Crippen LogP contribution is -2.37. The number of nitrogens with zero attached hydrogens (tertiary/aromatic N) is 5. The number of carboxylic acid groups (broad SMARTS) is 1. The van der Waals surface area contributed by atoms with Crippen LogP contribution in [0.25, 0.3) is 0 Å². The second kappa shape index (κ2) is 6.29. The Morgan fingerprint density at radius 1 is 1.09 bits per heavy atom. The normalized spacial score (nSPS) is 10.4. The number of carboxylic acids is 1. The van der Waals surface area contributed by atoms with Crippen molar-refractivity contribution in [3.05, 3.63) is 34.9 Å². The number of carbonyl (C=O) groups is 1. The van der Waals surface area contributed by atoms with E-state index in [1.807, 2.05) is 39.8 Å². The van der Waals surface area contributed by atoms with Gasteiger partial charge in [0.2, 0.25) is 5.96 Å². The van der Waals surface area contributed by atoms with Crippen LogP contribution in [0.5, 0.6) is 0 Å². The van der Waals surface area contributed by atoms with Crippen molar-refractivity contribution in [2.75, 3.05) is 17.4 Å². The Kier molecular flexibility index (Phi) is 4.44. The molecule has 0 atom stereocenters. The smallest absolute Gasteiger partial charge is 0.325 e. The van der Waals surface area contributed by atoms with Gasteiger partial charge in [0.05, 0.1) is 22.8 Å². The number of hydrogen-bond acceptors (Lipinski definition) is 4. The predicted octanol–water partition coefficient (Wildman–Crippen LogP) is 0.541. The van der Waals surface area contributed by atoms with Gasteiger partial charge in [-0.15, -0.1) is 0 Å². The van der Waals surface area contributed by atoms with Gasteiger partial charge in [0, 0.05) is 0 Å². The highest BCUT2D eigenvalue weighted by molar-refractivity contribution is 5.94. The fraction of sp³-hybridized carbons (Fsp3) is 0.385. The van der Waals surface area contributed by atoms with E-state index < -0.39 is 5.97 Å². The van der Waals surface area contributed by atoms with Crippen LogP contribution in [0.1, 0.15) is 22.8 Å². The zero-order valence-electron chi connectivity index (χ0n) is 13.0. The lowest BCUT2D eigenvalue weighted by atomic mass is 10.4. The predicted molar refractivity (Wildman–Crippen MR) is 82.1 cm³/mol. The molecular formula is C13H19N7O2. The van der Waals surface area contributed by atoms with Gasteiger partial charge in [-0.2, -0.15) is 19.8 Å². The lowest BCUT2D eigenvalue weighted by molar-refractivity contribution is -0.135. The summed E-state index contributed by atoms with van der Waals surface area (Å²) < 4.78 is 0. The highest BCUT2D eigenvalue weighted by Gasteiger charge is 2.08. The van der Waals surface area contributed by atoms with Gasteiger partial charge in [-0.05, 0) is 39.8 Å². The molecule has 2 heterocycles. The Balaban J connectivity index is 2.23. The van der Waals surface area contributed by atoms with Crippen molar-refractivity contribution in [1.29, 1.82) is 0 Å². The molecular weight excluding hydrogens is 286 g/mol. The number of rotatable bonds is 4. The van der Waals surface area contributed by atoms with E-state index in [0.717, 1.165) is 22.8 Å². The largest absolute Gasteiger partial charge is 0.480 e. The topological polar surface area (TPSA) is 109 Å². The third kappa shape index (κ3) is 3.84. The highest BCUT2D eigenvalue weighted by Crippen LogP contribution is 2.01. The van der Waals surface area contributed by atoms with Crippen LogP contribution in [0.2, 0.25) is 0 Å². The molecule has 0 bridgehead atoms. The van der Waals surface area contributed by atoms with Gasteiger partial charge in [-0.25, -0.2) is 15.8 Å². The molecule has 0 saturated heterocycles. The average Bonchev–Trinajstić information content (AvgIpc) is 2.88.